The minimum absolute atomic E-state index is 0.200. The molecule has 94 valence electrons. The van der Waals surface area contributed by atoms with E-state index in [-0.39, 0.29) is 5.75 Å². The molecule has 0 aliphatic carbocycles. The van der Waals surface area contributed by atoms with Crippen LogP contribution in [0.2, 0.25) is 0 Å². The average molecular weight is 265 g/mol. The van der Waals surface area contributed by atoms with Crippen LogP contribution in [0.1, 0.15) is 0 Å². The molecule has 1 aromatic carbocycles. The second-order valence-corrected chi connectivity index (χ2v) is 4.29. The Morgan fingerprint density at radius 2 is 2.06 bits per heavy atom. The van der Waals surface area contributed by atoms with Gasteiger partial charge >= 0.3 is 0 Å². The van der Waals surface area contributed by atoms with E-state index in [2.05, 4.69) is 9.97 Å². The fourth-order valence-electron chi connectivity index (χ4n) is 1.51. The van der Waals surface area contributed by atoms with E-state index in [0.717, 1.165) is 0 Å². The van der Waals surface area contributed by atoms with Gasteiger partial charge in [-0.25, -0.2) is 14.4 Å². The van der Waals surface area contributed by atoms with Crippen LogP contribution in [-0.4, -0.2) is 23.3 Å². The molecule has 2 rings (SSSR count). The Bertz CT molecular complexity index is 577. The summed E-state index contributed by atoms with van der Waals surface area (Å²) >= 11 is 1.38. The van der Waals surface area contributed by atoms with E-state index in [9.17, 15) is 4.39 Å². The Morgan fingerprint density at radius 1 is 1.28 bits per heavy atom. The van der Waals surface area contributed by atoms with E-state index in [4.69, 9.17) is 10.5 Å². The molecule has 0 bridgehead atoms. The van der Waals surface area contributed by atoms with Crippen molar-refractivity contribution in [1.82, 2.24) is 9.97 Å². The van der Waals surface area contributed by atoms with Crippen LogP contribution in [-0.2, 0) is 0 Å². The number of anilines is 1. The molecule has 0 aliphatic rings. The van der Waals surface area contributed by atoms with Crippen LogP contribution in [0.25, 0.3) is 11.3 Å². The number of hydrogen-bond donors (Lipinski definition) is 1. The molecule has 0 amide bonds. The summed E-state index contributed by atoms with van der Waals surface area (Å²) in [5.41, 5.74) is 6.91. The predicted molar refractivity (Wildman–Crippen MR) is 70.2 cm³/mol. The molecule has 18 heavy (non-hydrogen) atoms. The number of ether oxygens (including phenoxy) is 1. The van der Waals surface area contributed by atoms with Crippen LogP contribution < -0.4 is 10.5 Å². The van der Waals surface area contributed by atoms with Gasteiger partial charge in [0.1, 0.15) is 5.82 Å². The first kappa shape index (κ1) is 12.6. The first-order valence-electron chi connectivity index (χ1n) is 5.16. The largest absolute Gasteiger partial charge is 0.494 e. The average Bonchev–Trinajstić information content (AvgIpc) is 2.37. The second-order valence-electron chi connectivity index (χ2n) is 3.51. The van der Waals surface area contributed by atoms with Gasteiger partial charge in [0, 0.05) is 11.6 Å². The quantitative estimate of drug-likeness (QED) is 0.682. The van der Waals surface area contributed by atoms with Gasteiger partial charge in [-0.05, 0) is 24.5 Å². The molecule has 4 nitrogen and oxygen atoms in total. The van der Waals surface area contributed by atoms with Crippen LogP contribution in [0.15, 0.2) is 29.4 Å². The standard InChI is InChI=1S/C12H12FN3OS/c1-17-10-4-3-7(5-8(10)13)9-6-11(14)16-12(15-9)18-2/h3-6H,1-2H3,(H2,14,15,16). The summed E-state index contributed by atoms with van der Waals surface area (Å²) in [5.74, 6) is 0.129. The summed E-state index contributed by atoms with van der Waals surface area (Å²) in [6.45, 7) is 0. The van der Waals surface area contributed by atoms with E-state index < -0.39 is 5.82 Å². The summed E-state index contributed by atoms with van der Waals surface area (Å²) in [6.07, 6.45) is 1.85. The maximum absolute atomic E-state index is 13.6. The molecule has 0 aliphatic heterocycles. The van der Waals surface area contributed by atoms with Gasteiger partial charge < -0.3 is 10.5 Å². The van der Waals surface area contributed by atoms with Gasteiger partial charge in [-0.2, -0.15) is 0 Å². The zero-order chi connectivity index (χ0) is 13.1. The zero-order valence-electron chi connectivity index (χ0n) is 9.98. The van der Waals surface area contributed by atoms with Crippen LogP contribution in [0.3, 0.4) is 0 Å². The van der Waals surface area contributed by atoms with E-state index in [1.165, 1.54) is 24.9 Å². The highest BCUT2D eigenvalue weighted by molar-refractivity contribution is 7.98. The summed E-state index contributed by atoms with van der Waals surface area (Å²) in [4.78, 5) is 8.33. The highest BCUT2D eigenvalue weighted by Gasteiger charge is 2.08. The molecule has 0 saturated carbocycles. The smallest absolute Gasteiger partial charge is 0.189 e. The van der Waals surface area contributed by atoms with Gasteiger partial charge in [-0.1, -0.05) is 11.8 Å². The molecule has 0 saturated heterocycles. The molecule has 0 atom stereocenters. The third-order valence-electron chi connectivity index (χ3n) is 2.36. The maximum atomic E-state index is 13.6. The van der Waals surface area contributed by atoms with Gasteiger partial charge in [0.15, 0.2) is 16.7 Å². The van der Waals surface area contributed by atoms with Gasteiger partial charge in [-0.15, -0.1) is 0 Å². The number of thioether (sulfide) groups is 1. The monoisotopic (exact) mass is 265 g/mol. The molecule has 0 radical (unpaired) electrons. The van der Waals surface area contributed by atoms with Crippen LogP contribution in [0.5, 0.6) is 5.75 Å². The fourth-order valence-corrected chi connectivity index (χ4v) is 1.89. The van der Waals surface area contributed by atoms with Crippen LogP contribution in [0, 0.1) is 5.82 Å². The Kier molecular flexibility index (Phi) is 3.66. The summed E-state index contributed by atoms with van der Waals surface area (Å²) in [5, 5.41) is 0.557. The maximum Gasteiger partial charge on any atom is 0.189 e. The number of rotatable bonds is 3. The van der Waals surface area contributed by atoms with Crippen molar-refractivity contribution in [2.24, 2.45) is 0 Å². The van der Waals surface area contributed by atoms with Crippen molar-refractivity contribution in [3.8, 4) is 17.0 Å². The van der Waals surface area contributed by atoms with Gasteiger partial charge in [0.2, 0.25) is 0 Å². The molecule has 0 unspecified atom stereocenters. The predicted octanol–water partition coefficient (Wildman–Crippen LogP) is 2.60. The molecule has 0 fully saturated rings. The Hall–Kier alpha value is -1.82. The molecular weight excluding hydrogens is 253 g/mol. The van der Waals surface area contributed by atoms with Crippen molar-refractivity contribution in [1.29, 1.82) is 0 Å². The van der Waals surface area contributed by atoms with Crippen molar-refractivity contribution >= 4 is 17.6 Å². The number of nitrogens with zero attached hydrogens (tertiary/aromatic N) is 2. The second kappa shape index (κ2) is 5.22. The number of benzene rings is 1. The van der Waals surface area contributed by atoms with Crippen molar-refractivity contribution in [2.45, 2.75) is 5.16 Å². The zero-order valence-corrected chi connectivity index (χ0v) is 10.8. The summed E-state index contributed by atoms with van der Waals surface area (Å²) in [6, 6.07) is 6.27. The Labute approximate surface area is 108 Å². The molecule has 6 heteroatoms. The first-order chi connectivity index (χ1) is 8.63. The molecule has 1 aromatic heterocycles. The number of hydrogen-bond acceptors (Lipinski definition) is 5. The van der Waals surface area contributed by atoms with Crippen molar-refractivity contribution in [3.63, 3.8) is 0 Å². The minimum Gasteiger partial charge on any atom is -0.494 e. The third kappa shape index (κ3) is 2.53. The first-order valence-corrected chi connectivity index (χ1v) is 6.39. The van der Waals surface area contributed by atoms with E-state index in [1.54, 1.807) is 18.2 Å². The van der Waals surface area contributed by atoms with Gasteiger partial charge in [0.25, 0.3) is 0 Å². The molecule has 1 heterocycles. The lowest BCUT2D eigenvalue weighted by Gasteiger charge is -2.06. The summed E-state index contributed by atoms with van der Waals surface area (Å²) in [7, 11) is 1.42. The van der Waals surface area contributed by atoms with Crippen molar-refractivity contribution < 1.29 is 9.13 Å². The fraction of sp³-hybridized carbons (Fsp3) is 0.167. The normalized spacial score (nSPS) is 10.4. The highest BCUT2D eigenvalue weighted by atomic mass is 32.2. The van der Waals surface area contributed by atoms with Gasteiger partial charge in [0.05, 0.1) is 12.8 Å². The third-order valence-corrected chi connectivity index (χ3v) is 2.90. The summed E-state index contributed by atoms with van der Waals surface area (Å²) < 4.78 is 18.5. The lowest BCUT2D eigenvalue weighted by Crippen LogP contribution is -1.97. The highest BCUT2D eigenvalue weighted by Crippen LogP contribution is 2.26. The van der Waals surface area contributed by atoms with Crippen LogP contribution in [0.4, 0.5) is 10.2 Å². The van der Waals surface area contributed by atoms with E-state index in [1.807, 2.05) is 6.26 Å². The number of methoxy groups -OCH3 is 1. The van der Waals surface area contributed by atoms with Crippen molar-refractivity contribution in [3.05, 3.63) is 30.1 Å². The van der Waals surface area contributed by atoms with E-state index >= 15 is 0 Å². The number of aromatic nitrogens is 2. The topological polar surface area (TPSA) is 61.0 Å². The van der Waals surface area contributed by atoms with E-state index in [0.29, 0.717) is 22.2 Å². The lowest BCUT2D eigenvalue weighted by atomic mass is 10.1. The van der Waals surface area contributed by atoms with Crippen molar-refractivity contribution in [2.75, 3.05) is 19.1 Å². The number of nitrogens with two attached hydrogens (primary N) is 1. The SMILES string of the molecule is COc1ccc(-c2cc(N)nc(SC)n2)cc1F. The lowest BCUT2D eigenvalue weighted by molar-refractivity contribution is 0.386. The van der Waals surface area contributed by atoms with Gasteiger partial charge in [-0.3, -0.25) is 0 Å². The Morgan fingerprint density at radius 3 is 2.67 bits per heavy atom. The number of halogens is 1. The minimum atomic E-state index is -0.433. The number of nitrogen functional groups attached to an aromatic ring is 1. The van der Waals surface area contributed by atoms with Crippen LogP contribution >= 0.6 is 11.8 Å². The molecule has 2 N–H and O–H groups in total. The Balaban J connectivity index is 2.48. The molecule has 0 spiro atoms. The molecular formula is C12H12FN3OS. The molecule has 2 aromatic rings.